The number of benzene rings is 3. The summed E-state index contributed by atoms with van der Waals surface area (Å²) in [5, 5.41) is 0. The number of carbonyl (C=O) groups is 3. The fraction of sp³-hybridized carbons (Fsp3) is 0.167. The van der Waals surface area contributed by atoms with Gasteiger partial charge >= 0.3 is 11.9 Å². The Morgan fingerprint density at radius 2 is 1.51 bits per heavy atom. The number of nitrogen functional groups attached to an aromatic ring is 1. The Balaban J connectivity index is 1.61. The molecule has 3 rings (SSSR count). The Bertz CT molecular complexity index is 1350. The smallest absolute Gasteiger partial charge is 0.338 e. The number of ether oxygens (including phenoxy) is 2. The third kappa shape index (κ3) is 7.57. The molecule has 0 fully saturated rings. The molecule has 186 valence electrons. The van der Waals surface area contributed by atoms with E-state index in [2.05, 4.69) is 27.8 Å². The van der Waals surface area contributed by atoms with Crippen molar-refractivity contribution in [1.29, 1.82) is 0 Å². The van der Waals surface area contributed by atoms with Crippen LogP contribution in [-0.4, -0.2) is 24.3 Å². The Morgan fingerprint density at radius 3 is 2.14 bits per heavy atom. The van der Waals surface area contributed by atoms with E-state index in [1.54, 1.807) is 42.5 Å². The molecular weight excluding hydrogens is 534 g/mol. The number of ketones is 1. The van der Waals surface area contributed by atoms with Gasteiger partial charge in [-0.1, -0.05) is 28.1 Å². The van der Waals surface area contributed by atoms with Crippen LogP contribution in [0.1, 0.15) is 44.7 Å². The molecule has 0 aromatic heterocycles. The number of terminal acetylenes is 2. The minimum Gasteiger partial charge on any atom is -0.462 e. The van der Waals surface area contributed by atoms with Gasteiger partial charge in [0, 0.05) is 40.0 Å². The second kappa shape index (κ2) is 13.1. The highest BCUT2D eigenvalue weighted by molar-refractivity contribution is 9.10. The topological polar surface area (TPSA) is 95.7 Å². The Morgan fingerprint density at radius 1 is 0.892 bits per heavy atom. The van der Waals surface area contributed by atoms with E-state index in [1.807, 2.05) is 0 Å². The fourth-order valence-electron chi connectivity index (χ4n) is 3.50. The van der Waals surface area contributed by atoms with Crippen molar-refractivity contribution in [2.75, 3.05) is 12.3 Å². The van der Waals surface area contributed by atoms with Gasteiger partial charge in [0.25, 0.3) is 0 Å². The van der Waals surface area contributed by atoms with E-state index in [0.29, 0.717) is 35.1 Å². The van der Waals surface area contributed by atoms with E-state index in [0.717, 1.165) is 4.47 Å². The molecule has 0 aliphatic carbocycles. The van der Waals surface area contributed by atoms with Gasteiger partial charge in [-0.2, -0.15) is 0 Å². The average Bonchev–Trinajstić information content (AvgIpc) is 2.89. The Kier molecular flexibility index (Phi) is 9.66. The minimum absolute atomic E-state index is 0.102. The highest BCUT2D eigenvalue weighted by Gasteiger charge is 2.17. The highest BCUT2D eigenvalue weighted by atomic mass is 79.9. The first-order valence-corrected chi connectivity index (χ1v) is 12.1. The molecule has 0 bridgehead atoms. The van der Waals surface area contributed by atoms with Crippen molar-refractivity contribution in [3.05, 3.63) is 93.5 Å². The lowest BCUT2D eigenvalue weighted by molar-refractivity contribution is -0.133. The van der Waals surface area contributed by atoms with Gasteiger partial charge < -0.3 is 15.2 Å². The summed E-state index contributed by atoms with van der Waals surface area (Å²) in [5.74, 6) is 3.84. The number of halogens is 1. The molecule has 0 radical (unpaired) electrons. The van der Waals surface area contributed by atoms with Crippen LogP contribution in [-0.2, 0) is 16.0 Å². The molecule has 0 aliphatic heterocycles. The molecule has 3 aromatic rings. The summed E-state index contributed by atoms with van der Waals surface area (Å²) in [6.07, 6.45) is 11.3. The summed E-state index contributed by atoms with van der Waals surface area (Å²) in [5.41, 5.74) is 8.00. The zero-order valence-corrected chi connectivity index (χ0v) is 21.5. The van der Waals surface area contributed by atoms with Crippen LogP contribution in [0.3, 0.4) is 0 Å². The summed E-state index contributed by atoms with van der Waals surface area (Å²) in [6.45, 7) is 0.120. The third-order valence-corrected chi connectivity index (χ3v) is 6.00. The number of nitrogens with two attached hydrogens (primary N) is 1. The van der Waals surface area contributed by atoms with Crippen LogP contribution in [0.25, 0.3) is 0 Å². The molecule has 0 aliphatic rings. The minimum atomic E-state index is -0.568. The predicted octanol–water partition coefficient (Wildman–Crippen LogP) is 5.23. The molecular formula is C30H24BrNO5. The van der Waals surface area contributed by atoms with Crippen LogP contribution in [0.2, 0.25) is 0 Å². The maximum atomic E-state index is 12.9. The maximum Gasteiger partial charge on any atom is 0.338 e. The largest absolute Gasteiger partial charge is 0.462 e. The van der Waals surface area contributed by atoms with E-state index < -0.39 is 11.9 Å². The van der Waals surface area contributed by atoms with Crippen molar-refractivity contribution in [3.8, 4) is 30.4 Å². The molecule has 37 heavy (non-hydrogen) atoms. The summed E-state index contributed by atoms with van der Waals surface area (Å²) in [6, 6.07) is 17.9. The lowest BCUT2D eigenvalue weighted by atomic mass is 9.98. The molecule has 0 atom stereocenters. The first-order chi connectivity index (χ1) is 17.8. The van der Waals surface area contributed by atoms with Gasteiger partial charge in [0.1, 0.15) is 5.75 Å². The molecule has 2 N–H and O–H groups in total. The molecule has 0 saturated carbocycles. The molecule has 0 heterocycles. The second-order valence-electron chi connectivity index (χ2n) is 8.17. The van der Waals surface area contributed by atoms with Crippen LogP contribution < -0.4 is 10.5 Å². The first-order valence-electron chi connectivity index (χ1n) is 11.3. The van der Waals surface area contributed by atoms with Gasteiger partial charge in [-0.3, -0.25) is 9.59 Å². The fourth-order valence-corrected chi connectivity index (χ4v) is 3.77. The summed E-state index contributed by atoms with van der Waals surface area (Å²) < 4.78 is 11.5. The number of para-hydroxylation sites is 1. The number of esters is 2. The van der Waals surface area contributed by atoms with Gasteiger partial charge in [0.05, 0.1) is 18.6 Å². The first kappa shape index (κ1) is 27.3. The zero-order chi connectivity index (χ0) is 26.8. The maximum absolute atomic E-state index is 12.9. The van der Waals surface area contributed by atoms with Crippen molar-refractivity contribution < 1.29 is 23.9 Å². The van der Waals surface area contributed by atoms with Crippen molar-refractivity contribution in [1.82, 2.24) is 0 Å². The number of hydrogen-bond donors (Lipinski definition) is 1. The molecule has 7 heteroatoms. The van der Waals surface area contributed by atoms with E-state index in [4.69, 9.17) is 28.1 Å². The lowest BCUT2D eigenvalue weighted by Crippen LogP contribution is -2.15. The van der Waals surface area contributed by atoms with Gasteiger partial charge in [-0.15, -0.1) is 24.7 Å². The van der Waals surface area contributed by atoms with Crippen LogP contribution in [0, 0.1) is 30.6 Å². The van der Waals surface area contributed by atoms with E-state index in [9.17, 15) is 14.4 Å². The molecule has 3 aromatic carbocycles. The summed E-state index contributed by atoms with van der Waals surface area (Å²) in [7, 11) is 0. The third-order valence-electron chi connectivity index (χ3n) is 5.47. The van der Waals surface area contributed by atoms with Crippen molar-refractivity contribution in [3.63, 3.8) is 0 Å². The van der Waals surface area contributed by atoms with Gasteiger partial charge in [-0.05, 0) is 60.2 Å². The van der Waals surface area contributed by atoms with E-state index >= 15 is 0 Å². The van der Waals surface area contributed by atoms with Crippen LogP contribution >= 0.6 is 15.9 Å². The van der Waals surface area contributed by atoms with Crippen LogP contribution in [0.5, 0.6) is 5.75 Å². The van der Waals surface area contributed by atoms with Gasteiger partial charge in [-0.25, -0.2) is 4.79 Å². The lowest BCUT2D eigenvalue weighted by Gasteiger charge is -2.12. The standard InChI is InChI=1S/C30H24BrNO5/c1-3-6-20(7-4-2)19-36-30(35)22-12-16-25(17-13-22)37-27(33)18-23-8-5-9-26(28(23)32)29(34)21-10-14-24(31)15-11-21/h1-2,5,8-17,20H,6-7,18-19,32H2. The SMILES string of the molecule is C#CCC(CC#C)COC(=O)c1ccc(OC(=O)Cc2cccc(C(=O)c3ccc(Br)cc3)c2N)cc1. The van der Waals surface area contributed by atoms with E-state index in [-0.39, 0.29) is 36.2 Å². The quantitative estimate of drug-likeness (QED) is 0.120. The predicted molar refractivity (Wildman–Crippen MR) is 145 cm³/mol. The molecule has 6 nitrogen and oxygen atoms in total. The van der Waals surface area contributed by atoms with Gasteiger partial charge in [0.15, 0.2) is 5.78 Å². The Labute approximate surface area is 224 Å². The number of carbonyl (C=O) groups excluding carboxylic acids is 3. The molecule has 0 unspecified atom stereocenters. The zero-order valence-electron chi connectivity index (χ0n) is 19.9. The highest BCUT2D eigenvalue weighted by Crippen LogP contribution is 2.23. The summed E-state index contributed by atoms with van der Waals surface area (Å²) >= 11 is 3.34. The second-order valence-corrected chi connectivity index (χ2v) is 9.09. The van der Waals surface area contributed by atoms with Crippen LogP contribution in [0.4, 0.5) is 5.69 Å². The van der Waals surface area contributed by atoms with Crippen molar-refractivity contribution >= 4 is 39.3 Å². The summed E-state index contributed by atoms with van der Waals surface area (Å²) in [4.78, 5) is 37.7. The number of rotatable bonds is 10. The van der Waals surface area contributed by atoms with Crippen molar-refractivity contribution in [2.24, 2.45) is 5.92 Å². The van der Waals surface area contributed by atoms with Crippen LogP contribution in [0.15, 0.2) is 71.2 Å². The molecule has 0 saturated heterocycles. The van der Waals surface area contributed by atoms with E-state index in [1.165, 1.54) is 24.3 Å². The number of anilines is 1. The van der Waals surface area contributed by atoms with Gasteiger partial charge in [0.2, 0.25) is 0 Å². The monoisotopic (exact) mass is 557 g/mol. The molecule has 0 spiro atoms. The average molecular weight is 558 g/mol. The number of hydrogen-bond acceptors (Lipinski definition) is 6. The normalized spacial score (nSPS) is 10.3. The Hall–Kier alpha value is -4.33. The van der Waals surface area contributed by atoms with Crippen molar-refractivity contribution in [2.45, 2.75) is 19.3 Å². The molecule has 0 amide bonds.